The van der Waals surface area contributed by atoms with Gasteiger partial charge in [-0.1, -0.05) is 17.3 Å². The van der Waals surface area contributed by atoms with Gasteiger partial charge in [0.15, 0.2) is 0 Å². The smallest absolute Gasteiger partial charge is 0.334 e. The van der Waals surface area contributed by atoms with Crippen LogP contribution in [-0.4, -0.2) is 28.3 Å². The van der Waals surface area contributed by atoms with Crippen LogP contribution in [0.5, 0.6) is 0 Å². The van der Waals surface area contributed by atoms with Crippen molar-refractivity contribution >= 4 is 17.9 Å². The minimum absolute atomic E-state index is 0.0707. The molecule has 3 rings (SSSR count). The van der Waals surface area contributed by atoms with Crippen LogP contribution in [-0.2, 0) is 9.63 Å². The molecule has 0 bridgehead atoms. The number of allylic oxidation sites excluding steroid dienone is 3. The number of carbonyl (C=O) groups is 1. The third kappa shape index (κ3) is 4.64. The van der Waals surface area contributed by atoms with Gasteiger partial charge in [-0.2, -0.15) is 0 Å². The van der Waals surface area contributed by atoms with Gasteiger partial charge in [0.2, 0.25) is 0 Å². The van der Waals surface area contributed by atoms with Crippen molar-refractivity contribution in [3.05, 3.63) is 62.5 Å². The van der Waals surface area contributed by atoms with Gasteiger partial charge in [0, 0.05) is 42.1 Å². The highest BCUT2D eigenvalue weighted by molar-refractivity contribution is 5.91. The number of nitro groups is 1. The van der Waals surface area contributed by atoms with Crippen molar-refractivity contribution in [3.63, 3.8) is 0 Å². The van der Waals surface area contributed by atoms with Gasteiger partial charge in [-0.15, -0.1) is 0 Å². The first-order valence-corrected chi connectivity index (χ1v) is 9.71. The van der Waals surface area contributed by atoms with Gasteiger partial charge in [0.1, 0.15) is 6.10 Å². The Morgan fingerprint density at radius 1 is 1.34 bits per heavy atom. The number of nitrogens with one attached hydrogen (secondary N) is 1. The Morgan fingerprint density at radius 2 is 2.07 bits per heavy atom. The Balaban J connectivity index is 1.92. The van der Waals surface area contributed by atoms with Crippen LogP contribution >= 0.6 is 0 Å². The number of carboxylic acid groups (broad SMARTS) is 1. The van der Waals surface area contributed by atoms with E-state index in [1.807, 2.05) is 6.92 Å². The van der Waals surface area contributed by atoms with Crippen molar-refractivity contribution in [2.45, 2.75) is 58.0 Å². The molecule has 0 radical (unpaired) electrons. The zero-order chi connectivity index (χ0) is 21.0. The van der Waals surface area contributed by atoms with Crippen molar-refractivity contribution < 1.29 is 19.7 Å². The highest BCUT2D eigenvalue weighted by Gasteiger charge is 2.33. The molecule has 1 fully saturated rings. The van der Waals surface area contributed by atoms with E-state index in [4.69, 9.17) is 4.84 Å². The molecule has 1 unspecified atom stereocenters. The van der Waals surface area contributed by atoms with Gasteiger partial charge in [-0.3, -0.25) is 10.1 Å². The van der Waals surface area contributed by atoms with Crippen LogP contribution in [0.2, 0.25) is 0 Å². The zero-order valence-corrected chi connectivity index (χ0v) is 16.6. The third-order valence-electron chi connectivity index (χ3n) is 5.44. The summed E-state index contributed by atoms with van der Waals surface area (Å²) in [6, 6.07) is 6.13. The summed E-state index contributed by atoms with van der Waals surface area (Å²) in [7, 11) is 0. The number of rotatable bonds is 7. The van der Waals surface area contributed by atoms with E-state index in [1.165, 1.54) is 12.1 Å². The fourth-order valence-electron chi connectivity index (χ4n) is 4.04. The monoisotopic (exact) mass is 399 g/mol. The fraction of sp³-hybridized carbons (Fsp3) is 0.429. The first-order chi connectivity index (χ1) is 13.9. The van der Waals surface area contributed by atoms with E-state index >= 15 is 0 Å². The van der Waals surface area contributed by atoms with E-state index in [9.17, 15) is 20.0 Å². The Labute approximate surface area is 169 Å². The summed E-state index contributed by atoms with van der Waals surface area (Å²) in [5.41, 5.74) is 2.81. The molecule has 1 atom stereocenters. The second kappa shape index (κ2) is 8.89. The normalized spacial score (nSPS) is 20.3. The molecule has 1 aromatic carbocycles. The summed E-state index contributed by atoms with van der Waals surface area (Å²) in [4.78, 5) is 28.3. The number of nitro benzene ring substituents is 1. The van der Waals surface area contributed by atoms with Crippen LogP contribution in [0.4, 0.5) is 5.69 Å². The largest absolute Gasteiger partial charge is 0.478 e. The standard InChI is InChI=1S/C21H25N3O5/c1-13-18(10-11-22-29-17-8-3-4-9-17)20(19(21(25)26)14(2)23-13)15-6-5-7-16(12-15)24(27)28/h5-7,11-12,17,20,23H,3-4,8-10H2,1-2H3,(H,25,26). The van der Waals surface area contributed by atoms with Crippen LogP contribution < -0.4 is 5.32 Å². The number of non-ortho nitro benzene ring substituents is 1. The number of dihydropyridines is 1. The van der Waals surface area contributed by atoms with Crippen molar-refractivity contribution in [3.8, 4) is 0 Å². The molecule has 2 N–H and O–H groups in total. The maximum Gasteiger partial charge on any atom is 0.334 e. The molecule has 1 heterocycles. The summed E-state index contributed by atoms with van der Waals surface area (Å²) in [6.45, 7) is 3.57. The number of carboxylic acids is 1. The Morgan fingerprint density at radius 3 is 2.72 bits per heavy atom. The number of hydrogen-bond acceptors (Lipinski definition) is 6. The van der Waals surface area contributed by atoms with Crippen molar-refractivity contribution in [2.24, 2.45) is 5.16 Å². The number of oxime groups is 1. The molecule has 8 heteroatoms. The first-order valence-electron chi connectivity index (χ1n) is 9.71. The van der Waals surface area contributed by atoms with E-state index < -0.39 is 16.8 Å². The minimum atomic E-state index is -1.06. The molecule has 0 amide bonds. The quantitative estimate of drug-likeness (QED) is 0.402. The Kier molecular flexibility index (Phi) is 6.31. The van der Waals surface area contributed by atoms with Crippen molar-refractivity contribution in [1.29, 1.82) is 0 Å². The SMILES string of the molecule is CC1=C(CC=NOC2CCCC2)C(c2cccc([N+](=O)[O-])c2)C(C(=O)O)=C(C)N1. The van der Waals surface area contributed by atoms with Gasteiger partial charge in [-0.05, 0) is 50.7 Å². The van der Waals surface area contributed by atoms with Crippen LogP contribution in [0, 0.1) is 10.1 Å². The first kappa shape index (κ1) is 20.6. The number of aliphatic carboxylic acids is 1. The average molecular weight is 399 g/mol. The molecule has 2 aliphatic rings. The van der Waals surface area contributed by atoms with Crippen molar-refractivity contribution in [2.75, 3.05) is 0 Å². The Bertz CT molecular complexity index is 897. The minimum Gasteiger partial charge on any atom is -0.478 e. The summed E-state index contributed by atoms with van der Waals surface area (Å²) in [6.07, 6.45) is 6.47. The summed E-state index contributed by atoms with van der Waals surface area (Å²) in [5, 5.41) is 28.2. The summed E-state index contributed by atoms with van der Waals surface area (Å²) >= 11 is 0. The molecule has 0 saturated heterocycles. The molecule has 154 valence electrons. The highest BCUT2D eigenvalue weighted by Crippen LogP contribution is 2.40. The van der Waals surface area contributed by atoms with Gasteiger partial charge in [0.25, 0.3) is 5.69 Å². The molecule has 0 aromatic heterocycles. The lowest BCUT2D eigenvalue weighted by Gasteiger charge is -2.30. The number of benzene rings is 1. The maximum absolute atomic E-state index is 12.0. The maximum atomic E-state index is 12.0. The molecule has 8 nitrogen and oxygen atoms in total. The van der Waals surface area contributed by atoms with E-state index in [0.717, 1.165) is 37.0 Å². The molecular weight excluding hydrogens is 374 g/mol. The van der Waals surface area contributed by atoms with Crippen LogP contribution in [0.25, 0.3) is 0 Å². The van der Waals surface area contributed by atoms with Gasteiger partial charge in [-0.25, -0.2) is 4.79 Å². The lowest BCUT2D eigenvalue weighted by molar-refractivity contribution is -0.384. The fourth-order valence-corrected chi connectivity index (χ4v) is 4.04. The summed E-state index contributed by atoms with van der Waals surface area (Å²) < 4.78 is 0. The van der Waals surface area contributed by atoms with E-state index in [-0.39, 0.29) is 17.4 Å². The van der Waals surface area contributed by atoms with Gasteiger partial charge >= 0.3 is 5.97 Å². The highest BCUT2D eigenvalue weighted by atomic mass is 16.6. The lowest BCUT2D eigenvalue weighted by atomic mass is 9.79. The van der Waals surface area contributed by atoms with Crippen LogP contribution in [0.3, 0.4) is 0 Å². The third-order valence-corrected chi connectivity index (χ3v) is 5.44. The average Bonchev–Trinajstić information content (AvgIpc) is 3.19. The molecule has 0 spiro atoms. The summed E-state index contributed by atoms with van der Waals surface area (Å²) in [5.74, 6) is -1.66. The predicted octanol–water partition coefficient (Wildman–Crippen LogP) is 4.25. The van der Waals surface area contributed by atoms with Gasteiger partial charge in [0.05, 0.1) is 10.5 Å². The predicted molar refractivity (Wildman–Crippen MR) is 108 cm³/mol. The molecule has 1 aliphatic heterocycles. The lowest BCUT2D eigenvalue weighted by Crippen LogP contribution is -2.28. The van der Waals surface area contributed by atoms with E-state index in [1.54, 1.807) is 25.3 Å². The molecule has 1 saturated carbocycles. The second-order valence-electron chi connectivity index (χ2n) is 7.41. The molecule has 29 heavy (non-hydrogen) atoms. The number of hydrogen-bond donors (Lipinski definition) is 2. The second-order valence-corrected chi connectivity index (χ2v) is 7.41. The topological polar surface area (TPSA) is 114 Å². The Hall–Kier alpha value is -3.16. The zero-order valence-electron chi connectivity index (χ0n) is 16.6. The van der Waals surface area contributed by atoms with E-state index in [0.29, 0.717) is 17.7 Å². The molecule has 1 aromatic rings. The molecular formula is C21H25N3O5. The van der Waals surface area contributed by atoms with Crippen LogP contribution in [0.1, 0.15) is 57.4 Å². The van der Waals surface area contributed by atoms with Crippen molar-refractivity contribution in [1.82, 2.24) is 5.32 Å². The molecule has 1 aliphatic carbocycles. The van der Waals surface area contributed by atoms with Crippen LogP contribution in [0.15, 0.2) is 52.0 Å². The number of nitrogens with zero attached hydrogens (tertiary/aromatic N) is 2. The van der Waals surface area contributed by atoms with E-state index in [2.05, 4.69) is 10.5 Å². The van der Waals surface area contributed by atoms with Gasteiger partial charge < -0.3 is 15.3 Å².